The van der Waals surface area contributed by atoms with Crippen LogP contribution in [0.5, 0.6) is 5.75 Å². The van der Waals surface area contributed by atoms with Gasteiger partial charge in [0.15, 0.2) is 0 Å². The van der Waals surface area contributed by atoms with Gasteiger partial charge in [-0.1, -0.05) is 53.7 Å². The van der Waals surface area contributed by atoms with Crippen LogP contribution in [-0.2, 0) is 26.1 Å². The summed E-state index contributed by atoms with van der Waals surface area (Å²) < 4.78 is 17.0. The molecule has 1 rings (SSSR count). The summed E-state index contributed by atoms with van der Waals surface area (Å²) in [7, 11) is -3.66. The van der Waals surface area contributed by atoms with Crippen LogP contribution >= 0.6 is 7.60 Å². The Morgan fingerprint density at radius 2 is 1.43 bits per heavy atom. The first-order chi connectivity index (χ1) is 9.78. The molecule has 1 atom stereocenters. The maximum Gasteiger partial charge on any atom is 0.332 e. The summed E-state index contributed by atoms with van der Waals surface area (Å²) in [6.45, 7) is 14.0. The van der Waals surface area contributed by atoms with E-state index in [-0.39, 0.29) is 67.1 Å². The fourth-order valence-electron chi connectivity index (χ4n) is 2.41. The van der Waals surface area contributed by atoms with Gasteiger partial charge in [0.05, 0.1) is 12.8 Å². The largest absolute Gasteiger partial charge is 0.507 e. The van der Waals surface area contributed by atoms with E-state index < -0.39 is 7.60 Å². The summed E-state index contributed by atoms with van der Waals surface area (Å²) in [6.07, 6.45) is -0.0483. The Hall–Kier alpha value is 0.430. The van der Waals surface area contributed by atoms with Gasteiger partial charge in [-0.3, -0.25) is 4.57 Å². The standard InChI is InChI=1S/C17H29O4P.Ca/c1-8-21-22(19,20)11-12-9-13(16(2,3)4)15(18)14(10-12)17(5,6)7;/h9-10,18H,8,11H2,1-7H3,(H,19,20);. The summed E-state index contributed by atoms with van der Waals surface area (Å²) in [5, 5.41) is 10.6. The predicted molar refractivity (Wildman–Crippen MR) is 96.4 cm³/mol. The molecule has 0 saturated heterocycles. The molecule has 0 saturated carbocycles. The third kappa shape index (κ3) is 6.68. The Kier molecular flexibility index (Phi) is 8.36. The number of phenolic OH excluding ortho intramolecular Hbond substituents is 1. The second-order valence-corrected chi connectivity index (χ2v) is 9.60. The van der Waals surface area contributed by atoms with Gasteiger partial charge in [0.2, 0.25) is 0 Å². The molecule has 0 heterocycles. The van der Waals surface area contributed by atoms with Crippen LogP contribution < -0.4 is 0 Å². The first kappa shape index (κ1) is 23.4. The summed E-state index contributed by atoms with van der Waals surface area (Å²) in [6, 6.07) is 3.62. The van der Waals surface area contributed by atoms with E-state index in [1.807, 2.05) is 53.7 Å². The molecule has 2 radical (unpaired) electrons. The van der Waals surface area contributed by atoms with Crippen LogP contribution in [0.4, 0.5) is 0 Å². The van der Waals surface area contributed by atoms with Crippen LogP contribution in [0.3, 0.4) is 0 Å². The molecule has 0 aliphatic carbocycles. The van der Waals surface area contributed by atoms with Crippen molar-refractivity contribution in [2.45, 2.75) is 65.5 Å². The van der Waals surface area contributed by atoms with Gasteiger partial charge in [0.25, 0.3) is 0 Å². The van der Waals surface area contributed by atoms with E-state index in [9.17, 15) is 14.6 Å². The quantitative estimate of drug-likeness (QED) is 0.613. The third-order valence-corrected chi connectivity index (χ3v) is 4.93. The molecule has 4 nitrogen and oxygen atoms in total. The molecule has 1 aromatic carbocycles. The van der Waals surface area contributed by atoms with Gasteiger partial charge in [-0.15, -0.1) is 0 Å². The van der Waals surface area contributed by atoms with Crippen LogP contribution in [0, 0.1) is 0 Å². The first-order valence-corrected chi connectivity index (χ1v) is 9.37. The summed E-state index contributed by atoms with van der Waals surface area (Å²) in [5.41, 5.74) is 1.76. The molecular weight excluding hydrogens is 339 g/mol. The average molecular weight is 368 g/mol. The SMILES string of the molecule is CCOP(=O)(O)Cc1cc(C(C)(C)C)c(O)c(C(C)(C)C)c1.[Ca]. The molecular formula is C17H29CaO4P. The van der Waals surface area contributed by atoms with Crippen molar-refractivity contribution in [3.05, 3.63) is 28.8 Å². The molecule has 6 heteroatoms. The zero-order valence-electron chi connectivity index (χ0n) is 15.4. The second-order valence-electron chi connectivity index (χ2n) is 7.75. The topological polar surface area (TPSA) is 66.8 Å². The zero-order valence-corrected chi connectivity index (χ0v) is 18.5. The van der Waals surface area contributed by atoms with Crippen molar-refractivity contribution in [1.82, 2.24) is 0 Å². The predicted octanol–water partition coefficient (Wildman–Crippen LogP) is 4.33. The van der Waals surface area contributed by atoms with Gasteiger partial charge in [-0.2, -0.15) is 0 Å². The van der Waals surface area contributed by atoms with Gasteiger partial charge in [0.1, 0.15) is 5.75 Å². The number of rotatable bonds is 4. The van der Waals surface area contributed by atoms with Crippen molar-refractivity contribution in [3.8, 4) is 5.75 Å². The summed E-state index contributed by atoms with van der Waals surface area (Å²) in [5.74, 6) is 0.271. The Morgan fingerprint density at radius 1 is 1.04 bits per heavy atom. The van der Waals surface area contributed by atoms with Crippen LogP contribution in [0.1, 0.15) is 65.2 Å². The molecule has 2 N–H and O–H groups in total. The van der Waals surface area contributed by atoms with E-state index in [4.69, 9.17) is 4.52 Å². The van der Waals surface area contributed by atoms with E-state index in [1.165, 1.54) is 0 Å². The maximum absolute atomic E-state index is 12.1. The van der Waals surface area contributed by atoms with E-state index in [2.05, 4.69) is 0 Å². The summed E-state index contributed by atoms with van der Waals surface area (Å²) in [4.78, 5) is 9.90. The first-order valence-electron chi connectivity index (χ1n) is 7.61. The molecule has 0 spiro atoms. The van der Waals surface area contributed by atoms with Crippen LogP contribution in [0.2, 0.25) is 0 Å². The number of aromatic hydroxyl groups is 1. The number of phenols is 1. The van der Waals surface area contributed by atoms with E-state index >= 15 is 0 Å². The van der Waals surface area contributed by atoms with Gasteiger partial charge >= 0.3 is 7.60 Å². The normalized spacial score (nSPS) is 15.0. The number of hydrogen-bond donors (Lipinski definition) is 2. The minimum absolute atomic E-state index is 0. The van der Waals surface area contributed by atoms with E-state index in [1.54, 1.807) is 6.92 Å². The van der Waals surface area contributed by atoms with Gasteiger partial charge in [0, 0.05) is 37.7 Å². The summed E-state index contributed by atoms with van der Waals surface area (Å²) >= 11 is 0. The number of benzene rings is 1. The third-order valence-electron chi connectivity index (χ3n) is 3.50. The van der Waals surface area contributed by atoms with Crippen molar-refractivity contribution in [3.63, 3.8) is 0 Å². The minimum Gasteiger partial charge on any atom is -0.507 e. The molecule has 0 fully saturated rings. The van der Waals surface area contributed by atoms with Crippen LogP contribution in [0.15, 0.2) is 12.1 Å². The molecule has 23 heavy (non-hydrogen) atoms. The molecule has 1 unspecified atom stereocenters. The molecule has 0 aliphatic heterocycles. The monoisotopic (exact) mass is 368 g/mol. The molecule has 1 aromatic rings. The van der Waals surface area contributed by atoms with Crippen molar-refractivity contribution in [2.24, 2.45) is 0 Å². The van der Waals surface area contributed by atoms with E-state index in [0.717, 1.165) is 11.1 Å². The molecule has 0 aromatic heterocycles. The van der Waals surface area contributed by atoms with Crippen LogP contribution in [0.25, 0.3) is 0 Å². The number of hydrogen-bond acceptors (Lipinski definition) is 3. The molecule has 0 aliphatic rings. The molecule has 0 bridgehead atoms. The smallest absolute Gasteiger partial charge is 0.332 e. The van der Waals surface area contributed by atoms with Gasteiger partial charge in [-0.25, -0.2) is 0 Å². The Balaban J connectivity index is 0.00000484. The van der Waals surface area contributed by atoms with Crippen molar-refractivity contribution in [1.29, 1.82) is 0 Å². The average Bonchev–Trinajstić information content (AvgIpc) is 2.27. The second kappa shape index (κ2) is 8.21. The molecule has 0 amide bonds. The fourth-order valence-corrected chi connectivity index (χ4v) is 3.55. The van der Waals surface area contributed by atoms with Gasteiger partial charge < -0.3 is 14.5 Å². The fraction of sp³-hybridized carbons (Fsp3) is 0.647. The minimum atomic E-state index is -3.66. The van der Waals surface area contributed by atoms with Crippen molar-refractivity contribution < 1.29 is 19.1 Å². The maximum atomic E-state index is 12.1. The zero-order chi connectivity index (χ0) is 17.3. The Labute approximate surface area is 170 Å². The Bertz CT molecular complexity index is 550. The van der Waals surface area contributed by atoms with Crippen molar-refractivity contribution in [2.75, 3.05) is 6.61 Å². The van der Waals surface area contributed by atoms with Crippen molar-refractivity contribution >= 4 is 45.3 Å². The van der Waals surface area contributed by atoms with Gasteiger partial charge in [-0.05, 0) is 34.4 Å². The molecule has 128 valence electrons. The van der Waals surface area contributed by atoms with Crippen LogP contribution in [-0.4, -0.2) is 54.3 Å². The Morgan fingerprint density at radius 3 is 1.74 bits per heavy atom. The van der Waals surface area contributed by atoms with E-state index in [0.29, 0.717) is 5.56 Å².